The van der Waals surface area contributed by atoms with Crippen LogP contribution in [0.15, 0.2) is 22.7 Å². The summed E-state index contributed by atoms with van der Waals surface area (Å²) in [6.45, 7) is 0. The van der Waals surface area contributed by atoms with E-state index >= 15 is 0 Å². The molecule has 19 heavy (non-hydrogen) atoms. The number of nitrogens with zero attached hydrogens (tertiary/aromatic N) is 1. The molecule has 1 aliphatic carbocycles. The van der Waals surface area contributed by atoms with Gasteiger partial charge >= 0.3 is 5.97 Å². The monoisotopic (exact) mass is 325 g/mol. The van der Waals surface area contributed by atoms with Crippen LogP contribution in [0.2, 0.25) is 0 Å². The van der Waals surface area contributed by atoms with Gasteiger partial charge in [-0.25, -0.2) is 4.79 Å². The first-order chi connectivity index (χ1) is 9.11. The summed E-state index contributed by atoms with van der Waals surface area (Å²) in [5.41, 5.74) is 2.59. The molecule has 2 aliphatic rings. The first-order valence-electron chi connectivity index (χ1n) is 6.37. The molecule has 3 atom stereocenters. The third kappa shape index (κ3) is 2.10. The summed E-state index contributed by atoms with van der Waals surface area (Å²) in [6, 6.07) is 6.47. The Labute approximate surface area is 120 Å². The van der Waals surface area contributed by atoms with Crippen LogP contribution in [0.4, 0.5) is 0 Å². The SMILES string of the molecule is COC(=O)[C@@H]1ON(C)[C@H]2c3cc(Br)ccc3CC[C@@H]12. The van der Waals surface area contributed by atoms with E-state index in [1.807, 2.05) is 7.05 Å². The highest BCUT2D eigenvalue weighted by atomic mass is 79.9. The Morgan fingerprint density at radius 3 is 3.05 bits per heavy atom. The number of hydrogen-bond acceptors (Lipinski definition) is 4. The average Bonchev–Trinajstić information content (AvgIpc) is 2.75. The number of fused-ring (bicyclic) bond motifs is 3. The minimum absolute atomic E-state index is 0.130. The van der Waals surface area contributed by atoms with Crippen molar-refractivity contribution in [3.05, 3.63) is 33.8 Å². The van der Waals surface area contributed by atoms with Gasteiger partial charge in [-0.05, 0) is 36.1 Å². The fourth-order valence-corrected chi connectivity index (χ4v) is 3.60. The molecule has 1 aliphatic heterocycles. The van der Waals surface area contributed by atoms with Gasteiger partial charge in [-0.3, -0.25) is 4.84 Å². The van der Waals surface area contributed by atoms with Gasteiger partial charge < -0.3 is 4.74 Å². The fourth-order valence-electron chi connectivity index (χ4n) is 3.22. The van der Waals surface area contributed by atoms with Crippen LogP contribution in [-0.2, 0) is 20.8 Å². The molecule has 0 spiro atoms. The van der Waals surface area contributed by atoms with Crippen molar-refractivity contribution in [1.29, 1.82) is 0 Å². The second kappa shape index (κ2) is 4.89. The molecule has 0 amide bonds. The van der Waals surface area contributed by atoms with Crippen molar-refractivity contribution in [2.75, 3.05) is 14.2 Å². The quantitative estimate of drug-likeness (QED) is 0.743. The smallest absolute Gasteiger partial charge is 0.337 e. The molecule has 1 aromatic carbocycles. The average molecular weight is 326 g/mol. The van der Waals surface area contributed by atoms with E-state index in [2.05, 4.69) is 34.1 Å². The van der Waals surface area contributed by atoms with E-state index in [1.165, 1.54) is 18.2 Å². The van der Waals surface area contributed by atoms with Crippen LogP contribution in [0.25, 0.3) is 0 Å². The molecule has 0 N–H and O–H groups in total. The Morgan fingerprint density at radius 2 is 2.32 bits per heavy atom. The predicted octanol–water partition coefficient (Wildman–Crippen LogP) is 2.47. The highest BCUT2D eigenvalue weighted by molar-refractivity contribution is 9.10. The van der Waals surface area contributed by atoms with Gasteiger partial charge in [-0.1, -0.05) is 22.0 Å². The van der Waals surface area contributed by atoms with Gasteiger partial charge in [0.2, 0.25) is 0 Å². The van der Waals surface area contributed by atoms with Crippen molar-refractivity contribution in [3.8, 4) is 0 Å². The van der Waals surface area contributed by atoms with Gasteiger partial charge in [0, 0.05) is 17.4 Å². The zero-order chi connectivity index (χ0) is 13.6. The molecule has 1 saturated heterocycles. The standard InChI is InChI=1S/C14H16BrNO3/c1-16-12-10(13(19-16)14(17)18-2)6-4-8-3-5-9(15)7-11(8)12/h3,5,7,10,12-13H,4,6H2,1-2H3/t10-,12-,13-/m1/s1. The molecule has 1 fully saturated rings. The van der Waals surface area contributed by atoms with Gasteiger partial charge in [0.05, 0.1) is 13.2 Å². The Bertz CT molecular complexity index is 519. The van der Waals surface area contributed by atoms with E-state index in [1.54, 1.807) is 5.06 Å². The predicted molar refractivity (Wildman–Crippen MR) is 73.3 cm³/mol. The van der Waals surface area contributed by atoms with Crippen LogP contribution < -0.4 is 0 Å². The van der Waals surface area contributed by atoms with Crippen LogP contribution in [-0.4, -0.2) is 31.3 Å². The Balaban J connectivity index is 1.99. The molecule has 0 bridgehead atoms. The summed E-state index contributed by atoms with van der Waals surface area (Å²) in [5, 5.41) is 1.80. The number of benzene rings is 1. The van der Waals surface area contributed by atoms with Crippen LogP contribution in [0.1, 0.15) is 23.6 Å². The minimum Gasteiger partial charge on any atom is -0.467 e. The van der Waals surface area contributed by atoms with E-state index in [9.17, 15) is 4.79 Å². The fraction of sp³-hybridized carbons (Fsp3) is 0.500. The maximum atomic E-state index is 11.8. The molecule has 0 aromatic heterocycles. The van der Waals surface area contributed by atoms with E-state index in [0.29, 0.717) is 0 Å². The van der Waals surface area contributed by atoms with Gasteiger partial charge in [0.15, 0.2) is 6.10 Å². The van der Waals surface area contributed by atoms with Crippen molar-refractivity contribution < 1.29 is 14.4 Å². The molecule has 5 heteroatoms. The van der Waals surface area contributed by atoms with E-state index in [-0.39, 0.29) is 17.9 Å². The van der Waals surface area contributed by atoms with Crippen molar-refractivity contribution in [1.82, 2.24) is 5.06 Å². The van der Waals surface area contributed by atoms with Crippen LogP contribution in [0.3, 0.4) is 0 Å². The van der Waals surface area contributed by atoms with Crippen LogP contribution in [0.5, 0.6) is 0 Å². The molecule has 102 valence electrons. The van der Waals surface area contributed by atoms with Gasteiger partial charge in [-0.2, -0.15) is 5.06 Å². The Hall–Kier alpha value is -0.910. The molecular weight excluding hydrogens is 310 g/mol. The number of carbonyl (C=O) groups is 1. The number of esters is 1. The number of hydrogen-bond donors (Lipinski definition) is 0. The molecule has 0 saturated carbocycles. The van der Waals surface area contributed by atoms with Crippen molar-refractivity contribution in [3.63, 3.8) is 0 Å². The zero-order valence-electron chi connectivity index (χ0n) is 10.9. The van der Waals surface area contributed by atoms with Crippen LogP contribution >= 0.6 is 15.9 Å². The van der Waals surface area contributed by atoms with Crippen LogP contribution in [0, 0.1) is 5.92 Å². The lowest BCUT2D eigenvalue weighted by Crippen LogP contribution is -2.32. The summed E-state index contributed by atoms with van der Waals surface area (Å²) < 4.78 is 5.90. The first-order valence-corrected chi connectivity index (χ1v) is 7.17. The Morgan fingerprint density at radius 1 is 1.53 bits per heavy atom. The number of halogens is 1. The summed E-state index contributed by atoms with van der Waals surface area (Å²) in [5.74, 6) is -0.114. The maximum absolute atomic E-state index is 11.8. The number of rotatable bonds is 1. The molecule has 4 nitrogen and oxygen atoms in total. The molecule has 0 unspecified atom stereocenters. The molecule has 1 aromatic rings. The molecule has 1 heterocycles. The maximum Gasteiger partial charge on any atom is 0.337 e. The second-order valence-electron chi connectivity index (χ2n) is 5.09. The number of methoxy groups -OCH3 is 1. The lowest BCUT2D eigenvalue weighted by atomic mass is 9.78. The highest BCUT2D eigenvalue weighted by Crippen LogP contribution is 2.46. The molecule has 0 radical (unpaired) electrons. The van der Waals surface area contributed by atoms with E-state index < -0.39 is 6.10 Å². The topological polar surface area (TPSA) is 38.8 Å². The molecular formula is C14H16BrNO3. The Kier molecular flexibility index (Phi) is 3.37. The van der Waals surface area contributed by atoms with Crippen molar-refractivity contribution >= 4 is 21.9 Å². The lowest BCUT2D eigenvalue weighted by Gasteiger charge is -2.30. The molecule has 3 rings (SSSR count). The van der Waals surface area contributed by atoms with Gasteiger partial charge in [-0.15, -0.1) is 0 Å². The largest absolute Gasteiger partial charge is 0.467 e. The van der Waals surface area contributed by atoms with Gasteiger partial charge in [0.1, 0.15) is 0 Å². The summed E-state index contributed by atoms with van der Waals surface area (Å²) in [6.07, 6.45) is 1.45. The number of ether oxygens (including phenoxy) is 1. The van der Waals surface area contributed by atoms with Gasteiger partial charge in [0.25, 0.3) is 0 Å². The van der Waals surface area contributed by atoms with Crippen molar-refractivity contribution in [2.45, 2.75) is 25.0 Å². The second-order valence-corrected chi connectivity index (χ2v) is 6.00. The zero-order valence-corrected chi connectivity index (χ0v) is 12.5. The first kappa shape index (κ1) is 13.1. The normalized spacial score (nSPS) is 29.7. The highest BCUT2D eigenvalue weighted by Gasteiger charge is 2.48. The lowest BCUT2D eigenvalue weighted by molar-refractivity contribution is -0.180. The minimum atomic E-state index is -0.480. The number of carbonyl (C=O) groups excluding carboxylic acids is 1. The summed E-state index contributed by atoms with van der Waals surface area (Å²) >= 11 is 3.51. The third-order valence-electron chi connectivity index (χ3n) is 4.07. The third-order valence-corrected chi connectivity index (χ3v) is 4.57. The van der Waals surface area contributed by atoms with Crippen molar-refractivity contribution in [2.24, 2.45) is 5.92 Å². The van der Waals surface area contributed by atoms with E-state index in [0.717, 1.165) is 17.3 Å². The van der Waals surface area contributed by atoms with E-state index in [4.69, 9.17) is 9.57 Å². The summed E-state index contributed by atoms with van der Waals surface area (Å²) in [7, 11) is 3.29. The number of hydroxylamine groups is 2. The number of aryl methyl sites for hydroxylation is 1. The summed E-state index contributed by atoms with van der Waals surface area (Å²) in [4.78, 5) is 17.5.